The van der Waals surface area contributed by atoms with Crippen LogP contribution in [-0.2, 0) is 16.0 Å². The van der Waals surface area contributed by atoms with Gasteiger partial charge in [-0.05, 0) is 63.3 Å². The van der Waals surface area contributed by atoms with Gasteiger partial charge in [0.25, 0.3) is 0 Å². The van der Waals surface area contributed by atoms with Crippen molar-refractivity contribution in [1.82, 2.24) is 9.88 Å². The fraction of sp³-hybridized carbons (Fsp3) is 0.667. The molecule has 1 atom stereocenters. The van der Waals surface area contributed by atoms with Crippen molar-refractivity contribution in [1.29, 1.82) is 0 Å². The van der Waals surface area contributed by atoms with Crippen molar-refractivity contribution in [2.45, 2.75) is 57.5 Å². The van der Waals surface area contributed by atoms with E-state index in [1.807, 2.05) is 13.0 Å². The van der Waals surface area contributed by atoms with Crippen molar-refractivity contribution in [3.05, 3.63) is 29.1 Å². The fourth-order valence-electron chi connectivity index (χ4n) is 3.89. The molecule has 3 heterocycles. The van der Waals surface area contributed by atoms with Gasteiger partial charge in [0.2, 0.25) is 0 Å². The van der Waals surface area contributed by atoms with E-state index >= 15 is 0 Å². The van der Waals surface area contributed by atoms with E-state index in [0.29, 0.717) is 18.5 Å². The number of hydrogen-bond acceptors (Lipinski definition) is 4. The van der Waals surface area contributed by atoms with Gasteiger partial charge in [-0.1, -0.05) is 0 Å². The average molecular weight is 318 g/mol. The fourth-order valence-corrected chi connectivity index (χ4v) is 3.89. The van der Waals surface area contributed by atoms with Crippen LogP contribution in [0.1, 0.15) is 55.1 Å². The Balaban J connectivity index is 1.77. The molecule has 1 aromatic heterocycles. The lowest BCUT2D eigenvalue weighted by molar-refractivity contribution is -0.136. The van der Waals surface area contributed by atoms with Gasteiger partial charge in [0.1, 0.15) is 0 Å². The number of rotatable bonds is 5. The van der Waals surface area contributed by atoms with Crippen LogP contribution >= 0.6 is 0 Å². The zero-order valence-electron chi connectivity index (χ0n) is 13.8. The molecule has 1 aromatic rings. The SMILES string of the molecule is Cc1cc(CCC(=O)O)cc(C2CCCN2C2CCOCC2)n1. The topological polar surface area (TPSA) is 62.7 Å². The van der Waals surface area contributed by atoms with Crippen molar-refractivity contribution in [3.8, 4) is 0 Å². The van der Waals surface area contributed by atoms with Crippen molar-refractivity contribution in [2.24, 2.45) is 0 Å². The molecule has 0 aliphatic carbocycles. The van der Waals surface area contributed by atoms with Crippen LogP contribution in [0, 0.1) is 6.92 Å². The van der Waals surface area contributed by atoms with Gasteiger partial charge in [0.15, 0.2) is 0 Å². The molecule has 2 aliphatic heterocycles. The summed E-state index contributed by atoms with van der Waals surface area (Å²) in [6.45, 7) is 4.86. The van der Waals surface area contributed by atoms with E-state index in [0.717, 1.165) is 56.0 Å². The Labute approximate surface area is 137 Å². The average Bonchev–Trinajstić information content (AvgIpc) is 3.03. The number of carboxylic acids is 1. The molecule has 5 heteroatoms. The molecule has 2 saturated heterocycles. The van der Waals surface area contributed by atoms with Crippen LogP contribution in [0.25, 0.3) is 0 Å². The summed E-state index contributed by atoms with van der Waals surface area (Å²) in [4.78, 5) is 18.2. The smallest absolute Gasteiger partial charge is 0.303 e. The second kappa shape index (κ2) is 7.41. The molecular formula is C18H26N2O3. The third kappa shape index (κ3) is 4.09. The van der Waals surface area contributed by atoms with Gasteiger partial charge >= 0.3 is 5.97 Å². The van der Waals surface area contributed by atoms with E-state index in [4.69, 9.17) is 14.8 Å². The minimum atomic E-state index is -0.745. The molecule has 0 bridgehead atoms. The Hall–Kier alpha value is -1.46. The summed E-state index contributed by atoms with van der Waals surface area (Å²) >= 11 is 0. The van der Waals surface area contributed by atoms with Crippen LogP contribution in [0.5, 0.6) is 0 Å². The molecule has 126 valence electrons. The lowest BCUT2D eigenvalue weighted by Crippen LogP contribution is -2.39. The lowest BCUT2D eigenvalue weighted by atomic mass is 10.0. The Kier molecular flexibility index (Phi) is 5.28. The van der Waals surface area contributed by atoms with Crippen LogP contribution in [0.2, 0.25) is 0 Å². The van der Waals surface area contributed by atoms with Gasteiger partial charge in [0.05, 0.1) is 11.7 Å². The minimum Gasteiger partial charge on any atom is -0.481 e. The maximum Gasteiger partial charge on any atom is 0.303 e. The van der Waals surface area contributed by atoms with E-state index in [9.17, 15) is 4.79 Å². The highest BCUT2D eigenvalue weighted by Crippen LogP contribution is 2.35. The number of aromatic nitrogens is 1. The van der Waals surface area contributed by atoms with Gasteiger partial charge < -0.3 is 9.84 Å². The van der Waals surface area contributed by atoms with Crippen molar-refractivity contribution >= 4 is 5.97 Å². The summed E-state index contributed by atoms with van der Waals surface area (Å²) < 4.78 is 5.49. The van der Waals surface area contributed by atoms with Gasteiger partial charge in [-0.3, -0.25) is 14.7 Å². The normalized spacial score (nSPS) is 23.3. The van der Waals surface area contributed by atoms with Gasteiger partial charge in [0, 0.05) is 31.4 Å². The van der Waals surface area contributed by atoms with Crippen molar-refractivity contribution in [2.75, 3.05) is 19.8 Å². The summed E-state index contributed by atoms with van der Waals surface area (Å²) in [5.74, 6) is -0.745. The standard InChI is InChI=1S/C18H26N2O3/c1-13-11-14(4-5-18(21)22)12-16(19-13)17-3-2-8-20(17)15-6-9-23-10-7-15/h11-12,15,17H,2-10H2,1H3,(H,21,22). The Morgan fingerprint density at radius 3 is 2.87 bits per heavy atom. The minimum absolute atomic E-state index is 0.178. The largest absolute Gasteiger partial charge is 0.481 e. The second-order valence-electron chi connectivity index (χ2n) is 6.67. The van der Waals surface area contributed by atoms with Gasteiger partial charge in [-0.25, -0.2) is 0 Å². The molecule has 5 nitrogen and oxygen atoms in total. The third-order valence-electron chi connectivity index (χ3n) is 4.96. The highest BCUT2D eigenvalue weighted by Gasteiger charge is 2.33. The van der Waals surface area contributed by atoms with E-state index in [2.05, 4.69) is 11.0 Å². The Morgan fingerprint density at radius 1 is 1.35 bits per heavy atom. The number of aliphatic carboxylic acids is 1. The van der Waals surface area contributed by atoms with Crippen molar-refractivity contribution < 1.29 is 14.6 Å². The van der Waals surface area contributed by atoms with Crippen LogP contribution in [0.4, 0.5) is 0 Å². The number of carboxylic acid groups (broad SMARTS) is 1. The summed E-state index contributed by atoms with van der Waals surface area (Å²) in [7, 11) is 0. The molecule has 0 saturated carbocycles. The first-order chi connectivity index (χ1) is 11.1. The maximum absolute atomic E-state index is 10.8. The van der Waals surface area contributed by atoms with E-state index < -0.39 is 5.97 Å². The van der Waals surface area contributed by atoms with Gasteiger partial charge in [-0.2, -0.15) is 0 Å². The molecule has 3 rings (SSSR count). The molecule has 1 unspecified atom stereocenters. The zero-order chi connectivity index (χ0) is 16.2. The number of hydrogen-bond donors (Lipinski definition) is 1. The first kappa shape index (κ1) is 16.4. The third-order valence-corrected chi connectivity index (χ3v) is 4.96. The number of aryl methyl sites for hydroxylation is 2. The monoisotopic (exact) mass is 318 g/mol. The first-order valence-electron chi connectivity index (χ1n) is 8.66. The molecule has 2 fully saturated rings. The van der Waals surface area contributed by atoms with Crippen molar-refractivity contribution in [3.63, 3.8) is 0 Å². The molecule has 1 N–H and O–H groups in total. The molecule has 2 aliphatic rings. The predicted molar refractivity (Wildman–Crippen MR) is 87.5 cm³/mol. The number of carbonyl (C=O) groups is 1. The zero-order valence-corrected chi connectivity index (χ0v) is 13.8. The Bertz CT molecular complexity index is 555. The van der Waals surface area contributed by atoms with E-state index in [1.165, 1.54) is 6.42 Å². The highest BCUT2D eigenvalue weighted by molar-refractivity contribution is 5.67. The summed E-state index contributed by atoms with van der Waals surface area (Å²) in [5, 5.41) is 8.90. The summed E-state index contributed by atoms with van der Waals surface area (Å²) in [6.07, 6.45) is 5.32. The van der Waals surface area contributed by atoms with Crippen LogP contribution < -0.4 is 0 Å². The summed E-state index contributed by atoms with van der Waals surface area (Å²) in [6, 6.07) is 5.11. The molecule has 0 aromatic carbocycles. The highest BCUT2D eigenvalue weighted by atomic mass is 16.5. The van der Waals surface area contributed by atoms with E-state index in [1.54, 1.807) is 0 Å². The molecular weight excluding hydrogens is 292 g/mol. The van der Waals surface area contributed by atoms with Crippen LogP contribution in [0.3, 0.4) is 0 Å². The molecule has 0 radical (unpaired) electrons. The maximum atomic E-state index is 10.8. The number of ether oxygens (including phenoxy) is 1. The van der Waals surface area contributed by atoms with Crippen LogP contribution in [0.15, 0.2) is 12.1 Å². The predicted octanol–water partition coefficient (Wildman–Crippen LogP) is 2.72. The molecule has 0 spiro atoms. The van der Waals surface area contributed by atoms with E-state index in [-0.39, 0.29) is 6.42 Å². The quantitative estimate of drug-likeness (QED) is 0.904. The number of likely N-dealkylation sites (tertiary alicyclic amines) is 1. The lowest BCUT2D eigenvalue weighted by Gasteiger charge is -2.35. The number of nitrogens with zero attached hydrogens (tertiary/aromatic N) is 2. The second-order valence-corrected chi connectivity index (χ2v) is 6.67. The first-order valence-corrected chi connectivity index (χ1v) is 8.66. The molecule has 23 heavy (non-hydrogen) atoms. The van der Waals surface area contributed by atoms with Gasteiger partial charge in [-0.15, -0.1) is 0 Å². The van der Waals surface area contributed by atoms with Crippen LogP contribution in [-0.4, -0.2) is 46.8 Å². The molecule has 0 amide bonds. The summed E-state index contributed by atoms with van der Waals surface area (Å²) in [5.41, 5.74) is 3.20. The Morgan fingerprint density at radius 2 is 2.13 bits per heavy atom. The number of pyridine rings is 1.